The number of carbonyl (C=O) groups excluding carboxylic acids is 3. The van der Waals surface area contributed by atoms with Crippen LogP contribution in [0.5, 0.6) is 0 Å². The van der Waals surface area contributed by atoms with Crippen LogP contribution in [-0.4, -0.2) is 78.7 Å². The fraction of sp³-hybridized carbons (Fsp3) is 0.421. The summed E-state index contributed by atoms with van der Waals surface area (Å²) in [5, 5.41) is 10.3. The van der Waals surface area contributed by atoms with Crippen LogP contribution in [0.4, 0.5) is 33.3 Å². The van der Waals surface area contributed by atoms with Crippen LogP contribution in [0, 0.1) is 5.92 Å². The number of imide groups is 1. The number of hydrogen-bond donors (Lipinski definition) is 2. The number of anilines is 2. The first-order chi connectivity index (χ1) is 26.6. The number of pyridine rings is 1. The number of halogens is 5. The molecule has 5 heterocycles. The smallest absolute Gasteiger partial charge is 0.351 e. The van der Waals surface area contributed by atoms with Crippen molar-refractivity contribution in [2.75, 3.05) is 36.5 Å². The van der Waals surface area contributed by atoms with Gasteiger partial charge in [0.15, 0.2) is 0 Å². The van der Waals surface area contributed by atoms with Gasteiger partial charge in [0, 0.05) is 37.3 Å². The van der Waals surface area contributed by atoms with Crippen molar-refractivity contribution >= 4 is 51.0 Å². The minimum atomic E-state index is -4.68. The molecule has 3 aliphatic rings. The number of para-hydroxylation sites is 1. The second-order valence-corrected chi connectivity index (χ2v) is 14.9. The predicted octanol–water partition coefficient (Wildman–Crippen LogP) is 5.48. The Balaban J connectivity index is 0.923. The van der Waals surface area contributed by atoms with Crippen LogP contribution >= 0.6 is 0 Å². The summed E-state index contributed by atoms with van der Waals surface area (Å²) in [7, 11) is 1.55. The molecule has 56 heavy (non-hydrogen) atoms. The van der Waals surface area contributed by atoms with Crippen LogP contribution in [0.3, 0.4) is 0 Å². The number of hydrogen-bond acceptors (Lipinski definition) is 8. The molecular weight excluding hydrogens is 741 g/mol. The fourth-order valence-corrected chi connectivity index (χ4v) is 8.36. The molecule has 18 heteroatoms. The highest BCUT2D eigenvalue weighted by molar-refractivity contribution is 6.04. The van der Waals surface area contributed by atoms with E-state index in [9.17, 15) is 32.3 Å². The zero-order valence-corrected chi connectivity index (χ0v) is 30.2. The molecule has 3 fully saturated rings. The van der Waals surface area contributed by atoms with E-state index in [0.717, 1.165) is 43.2 Å². The third-order valence-corrected chi connectivity index (χ3v) is 11.0. The van der Waals surface area contributed by atoms with E-state index in [-0.39, 0.29) is 37.2 Å². The maximum absolute atomic E-state index is 15.4. The number of alkyl halides is 5. The van der Waals surface area contributed by atoms with Gasteiger partial charge in [0.2, 0.25) is 11.8 Å². The Labute approximate surface area is 316 Å². The highest BCUT2D eigenvalue weighted by atomic mass is 19.4. The Kier molecular flexibility index (Phi) is 9.41. The topological polar surface area (TPSA) is 139 Å². The van der Waals surface area contributed by atoms with Crippen molar-refractivity contribution in [3.05, 3.63) is 82.7 Å². The lowest BCUT2D eigenvalue weighted by atomic mass is 9.85. The zero-order valence-electron chi connectivity index (χ0n) is 30.2. The van der Waals surface area contributed by atoms with Gasteiger partial charge in [-0.2, -0.15) is 18.3 Å². The number of carbonyl (C=O) groups is 3. The van der Waals surface area contributed by atoms with Gasteiger partial charge >= 0.3 is 11.9 Å². The highest BCUT2D eigenvalue weighted by Crippen LogP contribution is 2.37. The van der Waals surface area contributed by atoms with Crippen molar-refractivity contribution in [2.45, 2.75) is 62.7 Å². The third-order valence-electron chi connectivity index (χ3n) is 11.0. The number of imidazole rings is 1. The van der Waals surface area contributed by atoms with Gasteiger partial charge in [0.1, 0.15) is 17.4 Å². The van der Waals surface area contributed by atoms with E-state index < -0.39 is 60.3 Å². The van der Waals surface area contributed by atoms with E-state index in [4.69, 9.17) is 5.10 Å². The van der Waals surface area contributed by atoms with Crippen LogP contribution in [0.2, 0.25) is 0 Å². The molecule has 2 aliphatic heterocycles. The Morgan fingerprint density at radius 3 is 2.50 bits per heavy atom. The maximum atomic E-state index is 15.4. The largest absolute Gasteiger partial charge is 0.433 e. The molecule has 2 N–H and O–H groups in total. The molecule has 8 rings (SSSR count). The Hall–Kier alpha value is -5.65. The lowest BCUT2D eigenvalue weighted by Gasteiger charge is -2.43. The molecule has 3 amide bonds. The molecule has 13 nitrogen and oxygen atoms in total. The van der Waals surface area contributed by atoms with E-state index in [0.29, 0.717) is 34.5 Å². The summed E-state index contributed by atoms with van der Waals surface area (Å²) in [4.78, 5) is 57.4. The predicted molar refractivity (Wildman–Crippen MR) is 195 cm³/mol. The van der Waals surface area contributed by atoms with Crippen molar-refractivity contribution in [3.8, 4) is 0 Å². The quantitative estimate of drug-likeness (QED) is 0.164. The molecule has 294 valence electrons. The second kappa shape index (κ2) is 14.1. The summed E-state index contributed by atoms with van der Waals surface area (Å²) in [6.07, 6.45) is 0.548. The first kappa shape index (κ1) is 37.3. The molecule has 0 bridgehead atoms. The number of aromatic nitrogens is 5. The van der Waals surface area contributed by atoms with Crippen LogP contribution < -0.4 is 21.2 Å². The first-order valence-corrected chi connectivity index (χ1v) is 18.4. The molecular formula is C38H38F5N9O4. The lowest BCUT2D eigenvalue weighted by molar-refractivity contribution is -0.141. The van der Waals surface area contributed by atoms with Crippen molar-refractivity contribution in [1.82, 2.24) is 34.1 Å². The minimum Gasteiger partial charge on any atom is -0.351 e. The number of nitrogens with one attached hydrogen (secondary N) is 2. The highest BCUT2D eigenvalue weighted by Gasteiger charge is 2.41. The molecule has 1 atom stereocenters. The number of nitrogens with zero attached hydrogens (tertiary/aromatic N) is 7. The Morgan fingerprint density at radius 1 is 0.982 bits per heavy atom. The standard InChI is InChI=1S/C38H38F5N9O4/c1-48-33-28(5-3-6-29(33)52(36(48)56)30-14-15-32(53)46-35(30)55)50-20-37(39,40)19-49(21-50)17-22-8-11-25(12-9-22)51-18-23-16-24(10-13-26(23)47-51)44-34(54)27-4-2-7-31(45-27)38(41,42)43/h2-7,10,13,16,18,22,25,30H,8-9,11-12,14-15,17,19-21H2,1H3,(H,44,54)(H,46,53,55)/t22-,25-,30?. The van der Waals surface area contributed by atoms with Crippen LogP contribution in [0.1, 0.15) is 66.8 Å². The number of aryl methyl sites for hydroxylation is 1. The first-order valence-electron chi connectivity index (χ1n) is 18.4. The number of benzene rings is 2. The van der Waals surface area contributed by atoms with Gasteiger partial charge in [0.25, 0.3) is 11.8 Å². The SMILES string of the molecule is Cn1c(=O)n(C2CCC(=O)NC2=O)c2cccc(N3CN(C[C@H]4CC[C@H](n5cc6cc(NC(=O)c7cccc(C(F)(F)F)n7)ccc6n5)CC4)CC(F)(F)C3)c21. The molecule has 0 spiro atoms. The molecule has 5 aromatic rings. The number of amides is 3. The van der Waals surface area contributed by atoms with Crippen LogP contribution in [-0.2, 0) is 22.8 Å². The maximum Gasteiger partial charge on any atom is 0.433 e. The second-order valence-electron chi connectivity index (χ2n) is 14.9. The normalized spacial score (nSPS) is 22.1. The van der Waals surface area contributed by atoms with Crippen LogP contribution in [0.25, 0.3) is 21.9 Å². The molecule has 1 saturated carbocycles. The van der Waals surface area contributed by atoms with E-state index in [1.807, 2.05) is 10.9 Å². The van der Waals surface area contributed by atoms with Gasteiger partial charge in [-0.3, -0.25) is 38.4 Å². The lowest BCUT2D eigenvalue weighted by Crippen LogP contribution is -2.57. The molecule has 2 aromatic carbocycles. The van der Waals surface area contributed by atoms with Gasteiger partial charge in [-0.25, -0.2) is 18.6 Å². The van der Waals surface area contributed by atoms with E-state index in [1.54, 1.807) is 53.2 Å². The van der Waals surface area contributed by atoms with E-state index in [1.165, 1.54) is 15.2 Å². The van der Waals surface area contributed by atoms with Gasteiger partial charge in [0.05, 0.1) is 48.0 Å². The summed E-state index contributed by atoms with van der Waals surface area (Å²) in [5.41, 5.74) is 0.401. The fourth-order valence-electron chi connectivity index (χ4n) is 8.36. The minimum absolute atomic E-state index is 0.0672. The van der Waals surface area contributed by atoms with E-state index in [2.05, 4.69) is 15.6 Å². The Morgan fingerprint density at radius 2 is 1.75 bits per heavy atom. The number of piperidine rings is 1. The molecule has 3 aromatic heterocycles. The Bertz CT molecular complexity index is 2410. The molecule has 1 unspecified atom stereocenters. The average Bonchev–Trinajstić information content (AvgIpc) is 3.68. The molecule has 2 saturated heterocycles. The average molecular weight is 780 g/mol. The van der Waals surface area contributed by atoms with E-state index >= 15 is 8.78 Å². The summed E-state index contributed by atoms with van der Waals surface area (Å²) < 4.78 is 74.7. The summed E-state index contributed by atoms with van der Waals surface area (Å²) in [6, 6.07) is 12.4. The van der Waals surface area contributed by atoms with Gasteiger partial charge < -0.3 is 10.2 Å². The van der Waals surface area contributed by atoms with Gasteiger partial charge in [-0.15, -0.1) is 0 Å². The molecule has 0 radical (unpaired) electrons. The van der Waals surface area contributed by atoms with Gasteiger partial charge in [-0.05, 0) is 80.5 Å². The monoisotopic (exact) mass is 779 g/mol. The summed E-state index contributed by atoms with van der Waals surface area (Å²) in [5.74, 6) is -4.62. The van der Waals surface area contributed by atoms with Crippen LogP contribution in [0.15, 0.2) is 65.6 Å². The van der Waals surface area contributed by atoms with Crippen molar-refractivity contribution < 1.29 is 36.3 Å². The molecule has 1 aliphatic carbocycles. The van der Waals surface area contributed by atoms with Gasteiger partial charge in [-0.1, -0.05) is 12.1 Å². The zero-order chi connectivity index (χ0) is 39.5. The summed E-state index contributed by atoms with van der Waals surface area (Å²) >= 11 is 0. The number of fused-ring (bicyclic) bond motifs is 2. The summed E-state index contributed by atoms with van der Waals surface area (Å²) in [6.45, 7) is -0.258. The van der Waals surface area contributed by atoms with Crippen molar-refractivity contribution in [3.63, 3.8) is 0 Å². The van der Waals surface area contributed by atoms with Crippen molar-refractivity contribution in [1.29, 1.82) is 0 Å². The third kappa shape index (κ3) is 7.24. The van der Waals surface area contributed by atoms with Crippen molar-refractivity contribution in [2.24, 2.45) is 13.0 Å². The number of rotatable bonds is 7.